The summed E-state index contributed by atoms with van der Waals surface area (Å²) in [6.45, 7) is 18.6. The summed E-state index contributed by atoms with van der Waals surface area (Å²) in [5, 5.41) is 0. The average Bonchev–Trinajstić information content (AvgIpc) is 2.70. The van der Waals surface area contributed by atoms with Gasteiger partial charge in [0.2, 0.25) is 0 Å². The summed E-state index contributed by atoms with van der Waals surface area (Å²) >= 11 is 0. The standard InChI is InChI=1S/C32H34/c1-10-20-15-23-16-21(29(2,3)4)18-27-24-13-11-12-14-25(24)28-19-22(30(5,6)7)17-26(20)32(28,9)31(23,27)8/h1,11-19H,2-9H3/t31-,32-/m0/s1. The molecule has 0 heterocycles. The molecule has 0 aliphatic heterocycles. The van der Waals surface area contributed by atoms with E-state index in [0.717, 1.165) is 5.57 Å². The van der Waals surface area contributed by atoms with Crippen LogP contribution in [0.1, 0.15) is 66.5 Å². The van der Waals surface area contributed by atoms with Gasteiger partial charge in [-0.3, -0.25) is 0 Å². The summed E-state index contributed by atoms with van der Waals surface area (Å²) in [5.74, 6) is 3.07. The summed E-state index contributed by atoms with van der Waals surface area (Å²) in [7, 11) is 0. The van der Waals surface area contributed by atoms with Crippen LogP contribution >= 0.6 is 0 Å². The lowest BCUT2D eigenvalue weighted by molar-refractivity contribution is 0.296. The largest absolute Gasteiger partial charge is 0.115 e. The molecule has 0 amide bonds. The third-order valence-corrected chi connectivity index (χ3v) is 8.39. The number of fused-ring (bicyclic) bond motifs is 3. The zero-order chi connectivity index (χ0) is 23.3. The molecule has 0 saturated carbocycles. The van der Waals surface area contributed by atoms with Crippen molar-refractivity contribution in [1.29, 1.82) is 0 Å². The van der Waals surface area contributed by atoms with E-state index >= 15 is 0 Å². The van der Waals surface area contributed by atoms with Crippen LogP contribution in [0.25, 0.3) is 11.1 Å². The van der Waals surface area contributed by atoms with Gasteiger partial charge >= 0.3 is 0 Å². The van der Waals surface area contributed by atoms with E-state index in [1.165, 1.54) is 44.6 Å². The Bertz CT molecular complexity index is 1290. The fraction of sp³-hybridized carbons (Fsp3) is 0.375. The van der Waals surface area contributed by atoms with E-state index in [1.54, 1.807) is 0 Å². The monoisotopic (exact) mass is 418 g/mol. The molecule has 0 N–H and O–H groups in total. The van der Waals surface area contributed by atoms with Crippen molar-refractivity contribution in [1.82, 2.24) is 0 Å². The quantitative estimate of drug-likeness (QED) is 0.372. The van der Waals surface area contributed by atoms with Gasteiger partial charge in [-0.1, -0.05) is 110 Å². The number of hydrogen-bond acceptors (Lipinski definition) is 0. The van der Waals surface area contributed by atoms with E-state index < -0.39 is 0 Å². The second-order valence-corrected chi connectivity index (χ2v) is 12.2. The van der Waals surface area contributed by atoms with Gasteiger partial charge in [0.05, 0.1) is 0 Å². The molecule has 4 aliphatic rings. The van der Waals surface area contributed by atoms with E-state index in [0.29, 0.717) is 0 Å². The topological polar surface area (TPSA) is 0 Å². The minimum absolute atomic E-state index is 0.0445. The molecule has 0 radical (unpaired) electrons. The second-order valence-electron chi connectivity index (χ2n) is 12.2. The van der Waals surface area contributed by atoms with Gasteiger partial charge in [0, 0.05) is 16.4 Å². The van der Waals surface area contributed by atoms with Crippen LogP contribution in [-0.2, 0) is 0 Å². The molecule has 4 aliphatic carbocycles. The maximum atomic E-state index is 6.17. The van der Waals surface area contributed by atoms with E-state index in [1.807, 2.05) is 0 Å². The summed E-state index contributed by atoms with van der Waals surface area (Å²) < 4.78 is 0. The lowest BCUT2D eigenvalue weighted by Gasteiger charge is -2.59. The molecule has 0 fully saturated rings. The van der Waals surface area contributed by atoms with Crippen LogP contribution < -0.4 is 0 Å². The Balaban J connectivity index is 1.98. The molecule has 32 heavy (non-hydrogen) atoms. The molecule has 0 unspecified atom stereocenters. The SMILES string of the molecule is C#CC1=C2C=C(C(C)(C)C)C=C3c4ccccc4C4=CC(C(C)(C)C)=CC(=C1)[C@]4(C)[C@]32C. The van der Waals surface area contributed by atoms with Crippen LogP contribution in [0.4, 0.5) is 0 Å². The first-order valence-electron chi connectivity index (χ1n) is 11.8. The molecule has 0 nitrogen and oxygen atoms in total. The maximum absolute atomic E-state index is 6.17. The fourth-order valence-corrected chi connectivity index (χ4v) is 6.09. The average molecular weight is 419 g/mol. The Kier molecular flexibility index (Phi) is 4.06. The molecule has 0 heteroatoms. The lowest BCUT2D eigenvalue weighted by atomic mass is 9.42. The zero-order valence-corrected chi connectivity index (χ0v) is 20.8. The van der Waals surface area contributed by atoms with E-state index in [-0.39, 0.29) is 21.7 Å². The van der Waals surface area contributed by atoms with Crippen molar-refractivity contribution >= 4 is 11.1 Å². The summed E-state index contributed by atoms with van der Waals surface area (Å²) in [6, 6.07) is 8.97. The molecule has 1 aromatic rings. The Labute approximate surface area is 194 Å². The van der Waals surface area contributed by atoms with Gasteiger partial charge in [0.25, 0.3) is 0 Å². The minimum atomic E-state index is -0.215. The van der Waals surface area contributed by atoms with E-state index in [9.17, 15) is 0 Å². The van der Waals surface area contributed by atoms with Gasteiger partial charge in [-0.25, -0.2) is 0 Å². The molecule has 0 saturated heterocycles. The van der Waals surface area contributed by atoms with Crippen molar-refractivity contribution in [2.45, 2.75) is 55.4 Å². The number of terminal acetylenes is 1. The molecule has 0 aromatic heterocycles. The Morgan fingerprint density at radius 2 is 1.19 bits per heavy atom. The first-order chi connectivity index (χ1) is 14.8. The van der Waals surface area contributed by atoms with Crippen molar-refractivity contribution < 1.29 is 0 Å². The van der Waals surface area contributed by atoms with Crippen molar-refractivity contribution in [2.24, 2.45) is 21.7 Å². The molecular formula is C32H34. The van der Waals surface area contributed by atoms with Crippen LogP contribution in [-0.4, -0.2) is 0 Å². The Morgan fingerprint density at radius 3 is 1.69 bits per heavy atom. The molecule has 2 atom stereocenters. The molecule has 162 valence electrons. The number of hydrogen-bond donors (Lipinski definition) is 0. The lowest BCUT2D eigenvalue weighted by Crippen LogP contribution is -2.49. The highest BCUT2D eigenvalue weighted by molar-refractivity contribution is 5.99. The number of allylic oxidation sites excluding steroid dienone is 12. The Morgan fingerprint density at radius 1 is 0.688 bits per heavy atom. The molecule has 0 spiro atoms. The molecule has 0 bridgehead atoms. The first kappa shape index (κ1) is 21.1. The van der Waals surface area contributed by atoms with Crippen molar-refractivity contribution in [3.63, 3.8) is 0 Å². The fourth-order valence-electron chi connectivity index (χ4n) is 6.09. The van der Waals surface area contributed by atoms with E-state index in [4.69, 9.17) is 6.42 Å². The number of benzene rings is 1. The first-order valence-corrected chi connectivity index (χ1v) is 11.8. The predicted octanol–water partition coefficient (Wildman–Crippen LogP) is 8.32. The third kappa shape index (κ3) is 2.46. The van der Waals surface area contributed by atoms with Gasteiger partial charge in [-0.15, -0.1) is 6.42 Å². The predicted molar refractivity (Wildman–Crippen MR) is 138 cm³/mol. The van der Waals surface area contributed by atoms with E-state index in [2.05, 4.69) is 116 Å². The van der Waals surface area contributed by atoms with Crippen LogP contribution in [0, 0.1) is 34.0 Å². The van der Waals surface area contributed by atoms with Crippen molar-refractivity contribution in [2.75, 3.05) is 0 Å². The third-order valence-electron chi connectivity index (χ3n) is 8.39. The molecular weight excluding hydrogens is 384 g/mol. The number of rotatable bonds is 0. The van der Waals surface area contributed by atoms with Gasteiger partial charge in [0.1, 0.15) is 0 Å². The molecule has 5 rings (SSSR count). The van der Waals surface area contributed by atoms with Crippen LogP contribution in [0.15, 0.2) is 82.5 Å². The van der Waals surface area contributed by atoms with Gasteiger partial charge < -0.3 is 0 Å². The Hall–Kier alpha value is -2.78. The van der Waals surface area contributed by atoms with Crippen molar-refractivity contribution in [3.05, 3.63) is 93.6 Å². The molecule has 1 aromatic carbocycles. The highest BCUT2D eigenvalue weighted by Gasteiger charge is 2.60. The normalized spacial score (nSPS) is 28.4. The van der Waals surface area contributed by atoms with Crippen LogP contribution in [0.5, 0.6) is 0 Å². The smallest absolute Gasteiger partial charge is 0.0328 e. The van der Waals surface area contributed by atoms with Crippen molar-refractivity contribution in [3.8, 4) is 12.3 Å². The summed E-state index contributed by atoms with van der Waals surface area (Å²) in [5.41, 5.74) is 11.6. The van der Waals surface area contributed by atoms with Gasteiger partial charge in [0.15, 0.2) is 0 Å². The van der Waals surface area contributed by atoms with Gasteiger partial charge in [-0.2, -0.15) is 0 Å². The highest BCUT2D eigenvalue weighted by Crippen LogP contribution is 2.71. The summed E-state index contributed by atoms with van der Waals surface area (Å²) in [4.78, 5) is 0. The maximum Gasteiger partial charge on any atom is 0.0328 e. The van der Waals surface area contributed by atoms with Gasteiger partial charge in [-0.05, 0) is 61.5 Å². The van der Waals surface area contributed by atoms with Crippen LogP contribution in [0.3, 0.4) is 0 Å². The summed E-state index contributed by atoms with van der Waals surface area (Å²) in [6.07, 6.45) is 18.2. The highest BCUT2D eigenvalue weighted by atomic mass is 14.6. The van der Waals surface area contributed by atoms with Crippen LogP contribution in [0.2, 0.25) is 0 Å². The second kappa shape index (κ2) is 6.17. The zero-order valence-electron chi connectivity index (χ0n) is 20.8. The minimum Gasteiger partial charge on any atom is -0.115 e.